The number of aryl methyl sites for hydroxylation is 1. The SMILES string of the molecule is [C-]#[N+]c1ccc2c(n1)c(N1C[C@@H](C)N(C(CC)C3CC(F)(F)C3)C[C@@H]1C)nc(=O)n2C. The molecule has 1 aliphatic carbocycles. The maximum atomic E-state index is 13.5. The Labute approximate surface area is 180 Å². The molecular formula is C22H28F2N6O. The lowest BCUT2D eigenvalue weighted by Crippen LogP contribution is -2.62. The van der Waals surface area contributed by atoms with Crippen LogP contribution in [-0.4, -0.2) is 56.6 Å². The van der Waals surface area contributed by atoms with Crippen LogP contribution in [0.4, 0.5) is 20.4 Å². The topological polar surface area (TPSA) is 58.6 Å². The zero-order valence-electron chi connectivity index (χ0n) is 18.3. The zero-order valence-corrected chi connectivity index (χ0v) is 18.3. The number of hydrogen-bond donors (Lipinski definition) is 0. The summed E-state index contributed by atoms with van der Waals surface area (Å²) in [5.41, 5.74) is 0.798. The molecule has 2 aromatic rings. The van der Waals surface area contributed by atoms with Crippen LogP contribution in [0.2, 0.25) is 0 Å². The first-order valence-corrected chi connectivity index (χ1v) is 10.8. The quantitative estimate of drug-likeness (QED) is 0.694. The van der Waals surface area contributed by atoms with E-state index in [0.717, 1.165) is 6.42 Å². The molecule has 4 rings (SSSR count). The number of fused-ring (bicyclic) bond motifs is 1. The standard InChI is InChI=1S/C22H28F2N6O/c1-6-16(15-9-22(23,24)10-15)29-11-14(3)30(12-13(29)2)20-19-17(28(5)21(31)27-20)7-8-18(25-4)26-19/h7-8,13-16H,6,9-12H2,1-3,5H3/t13-,14+,16?/m1/s1. The van der Waals surface area contributed by atoms with Crippen LogP contribution in [0.15, 0.2) is 16.9 Å². The summed E-state index contributed by atoms with van der Waals surface area (Å²) in [5.74, 6) is -1.75. The van der Waals surface area contributed by atoms with E-state index in [1.54, 1.807) is 19.2 Å². The van der Waals surface area contributed by atoms with E-state index < -0.39 is 5.92 Å². The van der Waals surface area contributed by atoms with Gasteiger partial charge in [-0.1, -0.05) is 13.5 Å². The molecule has 0 spiro atoms. The Kier molecular flexibility index (Phi) is 5.46. The average Bonchev–Trinajstić information content (AvgIpc) is 2.71. The summed E-state index contributed by atoms with van der Waals surface area (Å²) in [5, 5.41) is 0. The Hall–Kier alpha value is -2.60. The van der Waals surface area contributed by atoms with Crippen molar-refractivity contribution in [3.8, 4) is 0 Å². The molecule has 2 fully saturated rings. The first-order valence-electron chi connectivity index (χ1n) is 10.8. The Morgan fingerprint density at radius 2 is 1.94 bits per heavy atom. The molecule has 3 heterocycles. The van der Waals surface area contributed by atoms with Crippen molar-refractivity contribution in [1.82, 2.24) is 19.4 Å². The van der Waals surface area contributed by atoms with E-state index in [9.17, 15) is 13.6 Å². The fraction of sp³-hybridized carbons (Fsp3) is 0.636. The molecule has 7 nitrogen and oxygen atoms in total. The van der Waals surface area contributed by atoms with Gasteiger partial charge in [0.1, 0.15) is 0 Å². The van der Waals surface area contributed by atoms with Gasteiger partial charge in [-0.3, -0.25) is 9.47 Å². The highest BCUT2D eigenvalue weighted by Gasteiger charge is 2.50. The van der Waals surface area contributed by atoms with Crippen LogP contribution >= 0.6 is 0 Å². The van der Waals surface area contributed by atoms with E-state index in [4.69, 9.17) is 6.57 Å². The minimum absolute atomic E-state index is 0.0204. The first-order chi connectivity index (χ1) is 14.6. The van der Waals surface area contributed by atoms with Crippen molar-refractivity contribution < 1.29 is 8.78 Å². The summed E-state index contributed by atoms with van der Waals surface area (Å²) in [6.45, 7) is 14.8. The molecule has 31 heavy (non-hydrogen) atoms. The summed E-state index contributed by atoms with van der Waals surface area (Å²) in [7, 11) is 1.64. The number of halogens is 2. The number of rotatable bonds is 4. The molecule has 0 amide bonds. The number of nitrogens with zero attached hydrogens (tertiary/aromatic N) is 6. The average molecular weight is 431 g/mol. The normalized spacial score (nSPS) is 25.3. The van der Waals surface area contributed by atoms with Gasteiger partial charge in [-0.05, 0) is 38.3 Å². The molecule has 2 aromatic heterocycles. The molecule has 3 atom stereocenters. The van der Waals surface area contributed by atoms with Crippen molar-refractivity contribution in [1.29, 1.82) is 0 Å². The lowest BCUT2D eigenvalue weighted by atomic mass is 9.74. The van der Waals surface area contributed by atoms with E-state index in [-0.39, 0.29) is 48.4 Å². The van der Waals surface area contributed by atoms with E-state index in [1.165, 1.54) is 4.57 Å². The maximum Gasteiger partial charge on any atom is 0.350 e. The number of aromatic nitrogens is 3. The summed E-state index contributed by atoms with van der Waals surface area (Å²) < 4.78 is 28.4. The van der Waals surface area contributed by atoms with Gasteiger partial charge in [-0.25, -0.2) is 13.6 Å². The molecule has 166 valence electrons. The molecule has 1 saturated heterocycles. The van der Waals surface area contributed by atoms with E-state index >= 15 is 0 Å². The molecule has 0 aromatic carbocycles. The largest absolute Gasteiger partial charge is 0.361 e. The maximum absolute atomic E-state index is 13.5. The van der Waals surface area contributed by atoms with Crippen LogP contribution in [-0.2, 0) is 7.05 Å². The molecule has 2 aliphatic rings. The Morgan fingerprint density at radius 3 is 2.55 bits per heavy atom. The number of hydrogen-bond acceptors (Lipinski definition) is 5. The van der Waals surface area contributed by atoms with Gasteiger partial charge in [0, 0.05) is 51.1 Å². The molecule has 0 radical (unpaired) electrons. The van der Waals surface area contributed by atoms with Crippen LogP contribution in [0.3, 0.4) is 0 Å². The highest BCUT2D eigenvalue weighted by molar-refractivity contribution is 5.87. The van der Waals surface area contributed by atoms with Gasteiger partial charge in [0.15, 0.2) is 5.82 Å². The molecule has 1 saturated carbocycles. The third-order valence-corrected chi connectivity index (χ3v) is 6.85. The van der Waals surface area contributed by atoms with Gasteiger partial charge in [0.05, 0.1) is 5.52 Å². The first kappa shape index (κ1) is 21.6. The summed E-state index contributed by atoms with van der Waals surface area (Å²) in [6.07, 6.45) is 0.773. The van der Waals surface area contributed by atoms with Crippen molar-refractivity contribution in [2.24, 2.45) is 13.0 Å². The van der Waals surface area contributed by atoms with Crippen LogP contribution in [0.5, 0.6) is 0 Å². The molecule has 1 unspecified atom stereocenters. The second kappa shape index (κ2) is 7.83. The minimum Gasteiger partial charge on any atom is -0.361 e. The van der Waals surface area contributed by atoms with Crippen LogP contribution in [0, 0.1) is 12.5 Å². The summed E-state index contributed by atoms with van der Waals surface area (Å²) >= 11 is 0. The third-order valence-electron chi connectivity index (χ3n) is 6.85. The third kappa shape index (κ3) is 3.78. The van der Waals surface area contributed by atoms with E-state index in [1.807, 2.05) is 0 Å². The zero-order chi connectivity index (χ0) is 22.5. The molecule has 0 N–H and O–H groups in total. The van der Waals surface area contributed by atoms with Crippen LogP contribution < -0.4 is 10.6 Å². The lowest BCUT2D eigenvalue weighted by molar-refractivity contribution is -0.136. The Balaban J connectivity index is 1.66. The Bertz CT molecular complexity index is 1090. The second-order valence-corrected chi connectivity index (χ2v) is 8.97. The van der Waals surface area contributed by atoms with Gasteiger partial charge in [0.2, 0.25) is 11.4 Å². The fourth-order valence-corrected chi connectivity index (χ4v) is 5.19. The van der Waals surface area contributed by atoms with Gasteiger partial charge in [0.25, 0.3) is 5.82 Å². The molecular weight excluding hydrogens is 402 g/mol. The van der Waals surface area contributed by atoms with Crippen LogP contribution in [0.25, 0.3) is 15.9 Å². The predicted molar refractivity (Wildman–Crippen MR) is 116 cm³/mol. The number of alkyl halides is 2. The second-order valence-electron chi connectivity index (χ2n) is 8.97. The van der Waals surface area contributed by atoms with Gasteiger partial charge < -0.3 is 9.74 Å². The van der Waals surface area contributed by atoms with E-state index in [2.05, 4.69) is 45.4 Å². The molecule has 1 aliphatic heterocycles. The Morgan fingerprint density at radius 1 is 1.23 bits per heavy atom. The smallest absolute Gasteiger partial charge is 0.350 e. The minimum atomic E-state index is -2.52. The van der Waals surface area contributed by atoms with Gasteiger partial charge in [-0.15, -0.1) is 4.98 Å². The van der Waals surface area contributed by atoms with E-state index in [0.29, 0.717) is 29.9 Å². The number of piperazine rings is 1. The van der Waals surface area contributed by atoms with Crippen molar-refractivity contribution in [3.63, 3.8) is 0 Å². The highest BCUT2D eigenvalue weighted by atomic mass is 19.3. The van der Waals surface area contributed by atoms with Crippen molar-refractivity contribution >= 4 is 22.7 Å². The fourth-order valence-electron chi connectivity index (χ4n) is 5.19. The lowest BCUT2D eigenvalue weighted by Gasteiger charge is -2.52. The number of anilines is 1. The monoisotopic (exact) mass is 430 g/mol. The number of pyridine rings is 1. The molecule has 9 heteroatoms. The predicted octanol–water partition coefficient (Wildman–Crippen LogP) is 3.60. The summed E-state index contributed by atoms with van der Waals surface area (Å²) in [6, 6.07) is 3.59. The van der Waals surface area contributed by atoms with Crippen molar-refractivity contribution in [2.45, 2.75) is 64.1 Å². The van der Waals surface area contributed by atoms with Gasteiger partial charge >= 0.3 is 5.69 Å². The summed E-state index contributed by atoms with van der Waals surface area (Å²) in [4.78, 5) is 29.1. The van der Waals surface area contributed by atoms with Crippen molar-refractivity contribution in [2.75, 3.05) is 18.0 Å². The highest BCUT2D eigenvalue weighted by Crippen LogP contribution is 2.46. The van der Waals surface area contributed by atoms with Crippen molar-refractivity contribution in [3.05, 3.63) is 34.0 Å². The van der Waals surface area contributed by atoms with Gasteiger partial charge in [-0.2, -0.15) is 4.98 Å². The van der Waals surface area contributed by atoms with Crippen LogP contribution in [0.1, 0.15) is 40.0 Å². The molecule has 0 bridgehead atoms.